The molecular formula is C29H23N5O6. The second kappa shape index (κ2) is 8.91. The fraction of sp³-hybridized carbons (Fsp3) is 0.207. The van der Waals surface area contributed by atoms with Gasteiger partial charge < -0.3 is 20.3 Å². The summed E-state index contributed by atoms with van der Waals surface area (Å²) in [7, 11) is 0. The van der Waals surface area contributed by atoms with Crippen LogP contribution >= 0.6 is 0 Å². The van der Waals surface area contributed by atoms with Crippen LogP contribution in [0.1, 0.15) is 34.1 Å². The summed E-state index contributed by atoms with van der Waals surface area (Å²) in [5.74, 6) is -1.27. The van der Waals surface area contributed by atoms with Crippen LogP contribution in [0.3, 0.4) is 0 Å². The van der Waals surface area contributed by atoms with E-state index in [1.54, 1.807) is 6.07 Å². The first-order valence-corrected chi connectivity index (χ1v) is 12.8. The minimum atomic E-state index is -0.882. The number of hydrogen-bond donors (Lipinski definition) is 4. The number of carbonyl (C=O) groups is 2. The first-order valence-electron chi connectivity index (χ1n) is 12.8. The zero-order valence-electron chi connectivity index (χ0n) is 21.2. The smallest absolute Gasteiger partial charge is 0.280 e. The number of fused-ring (bicyclic) bond motifs is 5. The van der Waals surface area contributed by atoms with Crippen molar-refractivity contribution in [3.63, 3.8) is 0 Å². The second-order valence-electron chi connectivity index (χ2n) is 10.0. The number of anilines is 1. The predicted molar refractivity (Wildman–Crippen MR) is 147 cm³/mol. The number of allylic oxidation sites excluding steroid dienone is 1. The molecule has 2 aromatic heterocycles. The van der Waals surface area contributed by atoms with Crippen molar-refractivity contribution in [2.45, 2.75) is 31.8 Å². The fourth-order valence-corrected chi connectivity index (χ4v) is 5.75. The largest absolute Gasteiger partial charge is 0.394 e. The molecule has 4 N–H and O–H groups in total. The minimum Gasteiger partial charge on any atom is -0.394 e. The Morgan fingerprint density at radius 1 is 1.15 bits per heavy atom. The quantitative estimate of drug-likeness (QED) is 0.200. The molecule has 1 aliphatic heterocycles. The summed E-state index contributed by atoms with van der Waals surface area (Å²) in [5, 5.41) is 26.5. The molecule has 0 amide bonds. The molecule has 1 aliphatic carbocycles. The van der Waals surface area contributed by atoms with Crippen LogP contribution in [-0.2, 0) is 9.53 Å². The number of ether oxygens (including phenoxy) is 1. The van der Waals surface area contributed by atoms with E-state index >= 15 is 0 Å². The van der Waals surface area contributed by atoms with Gasteiger partial charge >= 0.3 is 0 Å². The van der Waals surface area contributed by atoms with Crippen LogP contribution in [0.4, 0.5) is 5.95 Å². The van der Waals surface area contributed by atoms with Gasteiger partial charge in [-0.3, -0.25) is 23.9 Å². The van der Waals surface area contributed by atoms with Crippen molar-refractivity contribution < 1.29 is 24.5 Å². The summed E-state index contributed by atoms with van der Waals surface area (Å²) in [6, 6.07) is 13.5. The third-order valence-electron chi connectivity index (χ3n) is 7.68. The van der Waals surface area contributed by atoms with Gasteiger partial charge in [-0.05, 0) is 46.2 Å². The van der Waals surface area contributed by atoms with Crippen molar-refractivity contribution in [1.82, 2.24) is 19.5 Å². The number of aliphatic hydroxyl groups excluding tert-OH is 2. The monoisotopic (exact) mass is 537 g/mol. The lowest BCUT2D eigenvalue weighted by Crippen LogP contribution is -2.24. The number of nitrogens with one attached hydrogen (secondary N) is 2. The van der Waals surface area contributed by atoms with Crippen LogP contribution in [-0.4, -0.2) is 60.1 Å². The van der Waals surface area contributed by atoms with Crippen molar-refractivity contribution in [1.29, 1.82) is 0 Å². The maximum Gasteiger partial charge on any atom is 0.280 e. The van der Waals surface area contributed by atoms with E-state index in [1.807, 2.05) is 43.3 Å². The summed E-state index contributed by atoms with van der Waals surface area (Å²) < 4.78 is 7.26. The Kier molecular flexibility index (Phi) is 5.42. The molecule has 0 radical (unpaired) electrons. The molecule has 200 valence electrons. The van der Waals surface area contributed by atoms with Crippen LogP contribution in [0.5, 0.6) is 0 Å². The predicted octanol–water partition coefficient (Wildman–Crippen LogP) is 2.59. The van der Waals surface area contributed by atoms with Gasteiger partial charge in [-0.1, -0.05) is 30.3 Å². The molecule has 3 heterocycles. The summed E-state index contributed by atoms with van der Waals surface area (Å²) in [5.41, 5.74) is 1.82. The van der Waals surface area contributed by atoms with E-state index in [2.05, 4.69) is 20.3 Å². The van der Waals surface area contributed by atoms with E-state index < -0.39 is 35.6 Å². The Balaban J connectivity index is 1.37. The van der Waals surface area contributed by atoms with Crippen LogP contribution in [0.25, 0.3) is 38.4 Å². The number of ketones is 2. The Hall–Kier alpha value is -4.71. The maximum absolute atomic E-state index is 12.9. The third kappa shape index (κ3) is 3.59. The van der Waals surface area contributed by atoms with Gasteiger partial charge in [-0.25, -0.2) is 4.98 Å². The molecule has 11 heteroatoms. The number of aryl methyl sites for hydroxylation is 1. The van der Waals surface area contributed by atoms with Gasteiger partial charge in [0.05, 0.1) is 24.7 Å². The number of Topliss-reactive ketones (excluding diaryl/α,β-unsaturated/α-hetero) is 1. The summed E-state index contributed by atoms with van der Waals surface area (Å²) in [6.45, 7) is 1.62. The number of benzene rings is 3. The molecule has 11 nitrogen and oxygen atoms in total. The van der Waals surface area contributed by atoms with Crippen LogP contribution in [0, 0.1) is 6.92 Å². The van der Waals surface area contributed by atoms with E-state index in [0.29, 0.717) is 11.3 Å². The molecule has 2 aliphatic rings. The van der Waals surface area contributed by atoms with Gasteiger partial charge in [-0.15, -0.1) is 0 Å². The van der Waals surface area contributed by atoms with Crippen LogP contribution < -0.4 is 10.9 Å². The van der Waals surface area contributed by atoms with Crippen LogP contribution in [0.2, 0.25) is 0 Å². The number of hydrogen-bond acceptors (Lipinski definition) is 9. The van der Waals surface area contributed by atoms with E-state index in [1.165, 1.54) is 17.0 Å². The van der Waals surface area contributed by atoms with Crippen molar-refractivity contribution in [3.05, 3.63) is 81.9 Å². The van der Waals surface area contributed by atoms with Gasteiger partial charge in [0.25, 0.3) is 5.56 Å². The van der Waals surface area contributed by atoms with Gasteiger partial charge in [0.15, 0.2) is 11.2 Å². The van der Waals surface area contributed by atoms with Crippen LogP contribution in [0.15, 0.2) is 59.7 Å². The Morgan fingerprint density at radius 2 is 1.98 bits per heavy atom. The number of nitrogens with zero attached hydrogens (tertiary/aromatic N) is 3. The van der Waals surface area contributed by atoms with E-state index in [9.17, 15) is 24.6 Å². The first kappa shape index (κ1) is 24.3. The first-order chi connectivity index (χ1) is 19.3. The van der Waals surface area contributed by atoms with E-state index in [0.717, 1.165) is 27.1 Å². The molecular weight excluding hydrogens is 514 g/mol. The molecule has 5 aromatic rings. The molecule has 7 rings (SSSR count). The molecule has 1 saturated heterocycles. The highest BCUT2D eigenvalue weighted by Crippen LogP contribution is 2.38. The fourth-order valence-electron chi connectivity index (χ4n) is 5.75. The SMILES string of the molecule is Cc1c2ccccc2cc2ccc3c(c12)C(Nc1nc2c(ncn2[C@H]2C[C@H](O)[C@@H](CO)O2)c(=O)[nH]1)=CC(=O)C3=O. The zero-order chi connectivity index (χ0) is 27.7. The van der Waals surface area contributed by atoms with Crippen molar-refractivity contribution in [2.24, 2.45) is 0 Å². The van der Waals surface area contributed by atoms with Gasteiger partial charge in [0, 0.05) is 23.6 Å². The van der Waals surface area contributed by atoms with E-state index in [-0.39, 0.29) is 35.7 Å². The normalized spacial score (nSPS) is 20.9. The van der Waals surface area contributed by atoms with Gasteiger partial charge in [0.2, 0.25) is 17.5 Å². The summed E-state index contributed by atoms with van der Waals surface area (Å²) >= 11 is 0. The average Bonchev–Trinajstić information content (AvgIpc) is 3.54. The van der Waals surface area contributed by atoms with Gasteiger partial charge in [0.1, 0.15) is 12.3 Å². The highest BCUT2D eigenvalue weighted by molar-refractivity contribution is 6.51. The molecule has 0 saturated carbocycles. The zero-order valence-corrected chi connectivity index (χ0v) is 21.2. The number of rotatable bonds is 4. The number of H-pyrrole nitrogens is 1. The van der Waals surface area contributed by atoms with Gasteiger partial charge in [-0.2, -0.15) is 4.98 Å². The topological polar surface area (TPSA) is 159 Å². The lowest BCUT2D eigenvalue weighted by molar-refractivity contribution is -0.111. The molecule has 0 bridgehead atoms. The molecule has 3 aromatic carbocycles. The average molecular weight is 538 g/mol. The molecule has 0 unspecified atom stereocenters. The standard InChI is InChI=1S/C29H23N5O6/c1-13-16-5-3-2-4-14(16)8-15-6-7-17-24(23(13)15)18(9-20(37)26(17)38)31-29-32-27-25(28(39)33-29)30-12-34(27)22-10-19(36)21(11-35)40-22/h2-9,12,19,21-22,35-36H,10-11H2,1H3,(H2,31,32,33,39)/t19-,21+,22+/m0/s1. The van der Waals surface area contributed by atoms with E-state index in [4.69, 9.17) is 4.74 Å². The Labute approximate surface area is 225 Å². The third-order valence-corrected chi connectivity index (χ3v) is 7.68. The number of carbonyl (C=O) groups excluding carboxylic acids is 2. The molecule has 3 atom stereocenters. The Bertz CT molecular complexity index is 1990. The molecule has 0 spiro atoms. The molecule has 1 fully saturated rings. The van der Waals surface area contributed by atoms with Crippen molar-refractivity contribution in [3.8, 4) is 0 Å². The Morgan fingerprint density at radius 3 is 2.77 bits per heavy atom. The maximum atomic E-state index is 12.9. The number of imidazole rings is 1. The lowest BCUT2D eigenvalue weighted by atomic mass is 9.85. The summed E-state index contributed by atoms with van der Waals surface area (Å²) in [6.07, 6.45) is 0.472. The second-order valence-corrected chi connectivity index (χ2v) is 10.0. The van der Waals surface area contributed by atoms with Crippen molar-refractivity contribution in [2.75, 3.05) is 11.9 Å². The highest BCUT2D eigenvalue weighted by atomic mass is 16.5. The lowest BCUT2D eigenvalue weighted by Gasteiger charge is -2.21. The van der Waals surface area contributed by atoms with Crippen molar-refractivity contribution >= 4 is 55.9 Å². The summed E-state index contributed by atoms with van der Waals surface area (Å²) in [4.78, 5) is 50.0. The number of aromatic amines is 1. The highest BCUT2D eigenvalue weighted by Gasteiger charge is 2.35. The number of aliphatic hydroxyl groups is 2. The minimum absolute atomic E-state index is 0.0336. The number of aromatic nitrogens is 4. The molecule has 40 heavy (non-hydrogen) atoms.